The van der Waals surface area contributed by atoms with E-state index in [4.69, 9.17) is 19.5 Å². The van der Waals surface area contributed by atoms with Crippen molar-refractivity contribution < 1.29 is 14.2 Å². The van der Waals surface area contributed by atoms with Gasteiger partial charge in [0.25, 0.3) is 0 Å². The third-order valence-electron chi connectivity index (χ3n) is 2.04. The summed E-state index contributed by atoms with van der Waals surface area (Å²) in [6.07, 6.45) is 0. The van der Waals surface area contributed by atoms with Gasteiger partial charge in [-0.2, -0.15) is 5.26 Å². The molecule has 0 amide bonds. The van der Waals surface area contributed by atoms with Crippen LogP contribution in [-0.4, -0.2) is 26.4 Å². The van der Waals surface area contributed by atoms with Gasteiger partial charge in [0.05, 0.1) is 24.8 Å². The monoisotopic (exact) mass is 205 g/mol. The van der Waals surface area contributed by atoms with E-state index in [2.05, 4.69) is 6.07 Å². The minimum absolute atomic E-state index is 0.477. The van der Waals surface area contributed by atoms with Crippen LogP contribution in [0.2, 0.25) is 0 Å². The van der Waals surface area contributed by atoms with E-state index in [9.17, 15) is 0 Å². The standard InChI is InChI=1S/C11H11NO3/c12-8-9-1-2-10-11(7-9)15-6-4-13-3-5-14-10/h1-2,7H,3-6H2. The molecule has 0 aromatic heterocycles. The minimum Gasteiger partial charge on any atom is -0.487 e. The lowest BCUT2D eigenvalue weighted by Gasteiger charge is -2.09. The van der Waals surface area contributed by atoms with E-state index in [-0.39, 0.29) is 0 Å². The van der Waals surface area contributed by atoms with Gasteiger partial charge in [-0.25, -0.2) is 0 Å². The van der Waals surface area contributed by atoms with Crippen LogP contribution >= 0.6 is 0 Å². The second-order valence-corrected chi connectivity index (χ2v) is 3.08. The van der Waals surface area contributed by atoms with Crippen molar-refractivity contribution in [1.29, 1.82) is 5.26 Å². The van der Waals surface area contributed by atoms with Crippen LogP contribution < -0.4 is 9.47 Å². The van der Waals surface area contributed by atoms with Crippen molar-refractivity contribution in [2.75, 3.05) is 26.4 Å². The molecule has 4 nitrogen and oxygen atoms in total. The fraction of sp³-hybridized carbons (Fsp3) is 0.364. The number of hydrogen-bond donors (Lipinski definition) is 0. The predicted molar refractivity (Wildman–Crippen MR) is 53.0 cm³/mol. The lowest BCUT2D eigenvalue weighted by atomic mass is 10.2. The van der Waals surface area contributed by atoms with Crippen molar-refractivity contribution in [1.82, 2.24) is 0 Å². The lowest BCUT2D eigenvalue weighted by molar-refractivity contribution is 0.0877. The molecular formula is C11H11NO3. The average Bonchev–Trinajstić information content (AvgIpc) is 2.39. The number of nitrogens with zero attached hydrogens (tertiary/aromatic N) is 1. The fourth-order valence-corrected chi connectivity index (χ4v) is 1.33. The van der Waals surface area contributed by atoms with Gasteiger partial charge in [-0.3, -0.25) is 0 Å². The zero-order valence-electron chi connectivity index (χ0n) is 8.23. The van der Waals surface area contributed by atoms with Crippen LogP contribution in [0.15, 0.2) is 18.2 Å². The average molecular weight is 205 g/mol. The van der Waals surface area contributed by atoms with E-state index in [0.717, 1.165) is 0 Å². The van der Waals surface area contributed by atoms with Gasteiger partial charge in [0, 0.05) is 6.07 Å². The van der Waals surface area contributed by atoms with E-state index in [1.165, 1.54) is 0 Å². The molecule has 0 saturated heterocycles. The first kappa shape index (κ1) is 9.81. The Morgan fingerprint density at radius 2 is 1.73 bits per heavy atom. The quantitative estimate of drug-likeness (QED) is 0.641. The SMILES string of the molecule is N#Cc1ccc2c(c1)OCCOCCO2. The van der Waals surface area contributed by atoms with E-state index in [0.29, 0.717) is 43.5 Å². The Bertz CT molecular complexity index is 384. The highest BCUT2D eigenvalue weighted by Gasteiger charge is 2.08. The Labute approximate surface area is 88.0 Å². The highest BCUT2D eigenvalue weighted by Crippen LogP contribution is 2.28. The van der Waals surface area contributed by atoms with Crippen LogP contribution in [0.4, 0.5) is 0 Å². The highest BCUT2D eigenvalue weighted by atomic mass is 16.6. The third-order valence-corrected chi connectivity index (χ3v) is 2.04. The maximum atomic E-state index is 8.75. The van der Waals surface area contributed by atoms with Gasteiger partial charge in [0.2, 0.25) is 0 Å². The summed E-state index contributed by atoms with van der Waals surface area (Å²) in [6.45, 7) is 2.08. The molecule has 1 aliphatic rings. The summed E-state index contributed by atoms with van der Waals surface area (Å²) >= 11 is 0. The maximum absolute atomic E-state index is 8.75. The van der Waals surface area contributed by atoms with Gasteiger partial charge in [-0.15, -0.1) is 0 Å². The van der Waals surface area contributed by atoms with E-state index in [1.807, 2.05) is 0 Å². The Morgan fingerprint density at radius 3 is 2.47 bits per heavy atom. The normalized spacial score (nSPS) is 15.7. The summed E-state index contributed by atoms with van der Waals surface area (Å²) in [5.74, 6) is 1.28. The molecule has 2 rings (SSSR count). The van der Waals surface area contributed by atoms with Gasteiger partial charge in [0.1, 0.15) is 13.2 Å². The predicted octanol–water partition coefficient (Wildman–Crippen LogP) is 1.35. The summed E-state index contributed by atoms with van der Waals surface area (Å²) in [4.78, 5) is 0. The molecule has 0 spiro atoms. The summed E-state index contributed by atoms with van der Waals surface area (Å²) < 4.78 is 16.1. The molecule has 15 heavy (non-hydrogen) atoms. The molecule has 4 heteroatoms. The maximum Gasteiger partial charge on any atom is 0.162 e. The largest absolute Gasteiger partial charge is 0.487 e. The molecule has 1 aromatic rings. The highest BCUT2D eigenvalue weighted by molar-refractivity contribution is 5.46. The molecule has 0 unspecified atom stereocenters. The number of benzene rings is 1. The van der Waals surface area contributed by atoms with Crippen LogP contribution in [0, 0.1) is 11.3 Å². The molecule has 1 aliphatic heterocycles. The summed E-state index contributed by atoms with van der Waals surface area (Å²) in [5.41, 5.74) is 0.567. The van der Waals surface area contributed by atoms with Crippen molar-refractivity contribution >= 4 is 0 Å². The van der Waals surface area contributed by atoms with Gasteiger partial charge >= 0.3 is 0 Å². The van der Waals surface area contributed by atoms with Crippen molar-refractivity contribution in [3.05, 3.63) is 23.8 Å². The third kappa shape index (κ3) is 2.39. The Kier molecular flexibility index (Phi) is 3.05. The minimum atomic E-state index is 0.477. The van der Waals surface area contributed by atoms with Crippen LogP contribution in [0.25, 0.3) is 0 Å². The number of ether oxygens (including phenoxy) is 3. The molecule has 0 bridgehead atoms. The van der Waals surface area contributed by atoms with Crippen LogP contribution in [0.3, 0.4) is 0 Å². The topological polar surface area (TPSA) is 51.5 Å². The molecule has 0 fully saturated rings. The zero-order chi connectivity index (χ0) is 10.5. The van der Waals surface area contributed by atoms with Crippen LogP contribution in [0.5, 0.6) is 11.5 Å². The van der Waals surface area contributed by atoms with Crippen molar-refractivity contribution in [3.63, 3.8) is 0 Å². The van der Waals surface area contributed by atoms with Crippen molar-refractivity contribution in [3.8, 4) is 17.6 Å². The fourth-order valence-electron chi connectivity index (χ4n) is 1.33. The van der Waals surface area contributed by atoms with E-state index < -0.39 is 0 Å². The van der Waals surface area contributed by atoms with Gasteiger partial charge in [0.15, 0.2) is 11.5 Å². The number of rotatable bonds is 0. The molecule has 1 heterocycles. The number of fused-ring (bicyclic) bond motifs is 1. The molecule has 0 saturated carbocycles. The first-order chi connectivity index (χ1) is 7.40. The smallest absolute Gasteiger partial charge is 0.162 e. The summed E-state index contributed by atoms with van der Waals surface area (Å²) in [5, 5.41) is 8.75. The Hall–Kier alpha value is -1.73. The number of nitriles is 1. The van der Waals surface area contributed by atoms with Gasteiger partial charge in [-0.1, -0.05) is 0 Å². The first-order valence-corrected chi connectivity index (χ1v) is 4.77. The second kappa shape index (κ2) is 4.67. The number of hydrogen-bond acceptors (Lipinski definition) is 4. The van der Waals surface area contributed by atoms with E-state index in [1.54, 1.807) is 18.2 Å². The summed E-state index contributed by atoms with van der Waals surface area (Å²) in [7, 11) is 0. The van der Waals surface area contributed by atoms with Crippen LogP contribution in [-0.2, 0) is 4.74 Å². The van der Waals surface area contributed by atoms with Crippen LogP contribution in [0.1, 0.15) is 5.56 Å². The van der Waals surface area contributed by atoms with Gasteiger partial charge < -0.3 is 14.2 Å². The van der Waals surface area contributed by atoms with Crippen molar-refractivity contribution in [2.24, 2.45) is 0 Å². The molecule has 0 N–H and O–H groups in total. The first-order valence-electron chi connectivity index (χ1n) is 4.77. The lowest BCUT2D eigenvalue weighted by Crippen LogP contribution is -2.08. The Balaban J connectivity index is 2.26. The molecule has 0 radical (unpaired) electrons. The molecular weight excluding hydrogens is 194 g/mol. The molecule has 1 aromatic carbocycles. The molecule has 78 valence electrons. The van der Waals surface area contributed by atoms with E-state index >= 15 is 0 Å². The van der Waals surface area contributed by atoms with Crippen molar-refractivity contribution in [2.45, 2.75) is 0 Å². The van der Waals surface area contributed by atoms with Gasteiger partial charge in [-0.05, 0) is 12.1 Å². The second-order valence-electron chi connectivity index (χ2n) is 3.08. The Morgan fingerprint density at radius 1 is 1.00 bits per heavy atom. The molecule has 0 atom stereocenters. The zero-order valence-corrected chi connectivity index (χ0v) is 8.23. The molecule has 0 aliphatic carbocycles. The summed E-state index contributed by atoms with van der Waals surface area (Å²) in [6, 6.07) is 7.20.